The number of hydrogen-bond donors (Lipinski definition) is 7. The molecule has 6 rings (SSSR count). The van der Waals surface area contributed by atoms with E-state index in [1.807, 2.05) is 0 Å². The number of halogens is 4. The van der Waals surface area contributed by atoms with Gasteiger partial charge in [-0.3, -0.25) is 14.4 Å². The van der Waals surface area contributed by atoms with Crippen molar-refractivity contribution in [3.8, 4) is 23.0 Å². The lowest BCUT2D eigenvalue weighted by Gasteiger charge is -2.42. The van der Waals surface area contributed by atoms with Gasteiger partial charge in [-0.2, -0.15) is 8.78 Å². The zero-order valence-electron chi connectivity index (χ0n) is 31.8. The van der Waals surface area contributed by atoms with Crippen molar-refractivity contribution in [2.24, 2.45) is 0 Å². The second-order valence-electron chi connectivity index (χ2n) is 14.2. The molecule has 6 atom stereocenters. The largest absolute Gasteiger partial charge is 0.507 e. The first-order chi connectivity index (χ1) is 28.4. The van der Waals surface area contributed by atoms with Crippen molar-refractivity contribution in [1.82, 2.24) is 5.32 Å². The summed E-state index contributed by atoms with van der Waals surface area (Å²) in [4.78, 5) is 53.3. The van der Waals surface area contributed by atoms with E-state index in [9.17, 15) is 62.3 Å². The van der Waals surface area contributed by atoms with Gasteiger partial charge in [0.15, 0.2) is 35.2 Å². The van der Waals surface area contributed by atoms with Crippen LogP contribution in [0.5, 0.6) is 23.0 Å². The number of aliphatic hydroxyl groups excluding tert-OH is 2. The predicted molar refractivity (Wildman–Crippen MR) is 203 cm³/mol. The number of methoxy groups -OCH3 is 1. The lowest BCUT2D eigenvalue weighted by Crippen LogP contribution is -2.56. The number of fused-ring (bicyclic) bond motifs is 3. The monoisotopic (exact) mass is 885 g/mol. The molecule has 1 aliphatic heterocycles. The van der Waals surface area contributed by atoms with Crippen LogP contribution in [0.2, 0.25) is 0 Å². The van der Waals surface area contributed by atoms with Gasteiger partial charge in [-0.1, -0.05) is 33.7 Å². The third kappa shape index (κ3) is 8.35. The molecule has 324 valence electrons. The second-order valence-corrected chi connectivity index (χ2v) is 16.9. The van der Waals surface area contributed by atoms with Crippen molar-refractivity contribution in [3.63, 3.8) is 0 Å². The molecule has 0 unspecified atom stereocenters. The molecule has 0 radical (unpaired) electrons. The topological polar surface area (TPSA) is 239 Å². The molecule has 0 spiro atoms. The van der Waals surface area contributed by atoms with Crippen molar-refractivity contribution < 1.29 is 86.3 Å². The minimum Gasteiger partial charge on any atom is -0.507 e. The molecule has 1 fully saturated rings. The minimum atomic E-state index is -2.40. The van der Waals surface area contributed by atoms with Gasteiger partial charge in [0.1, 0.15) is 42.2 Å². The normalized spacial score (nSPS) is 23.4. The molecule has 0 bridgehead atoms. The molecular weight excluding hydrogens is 847 g/mol. The first kappa shape index (κ1) is 44.9. The van der Waals surface area contributed by atoms with E-state index in [0.29, 0.717) is 5.75 Å². The fourth-order valence-electron chi connectivity index (χ4n) is 7.53. The maximum absolute atomic E-state index is 14.0. The van der Waals surface area contributed by atoms with Gasteiger partial charge in [-0.15, -0.1) is 0 Å². The van der Waals surface area contributed by atoms with Crippen LogP contribution in [-0.2, 0) is 31.8 Å². The standard InChI is InChI=1S/C39H39F4NO14S2/c1-15-32(47)19(44-38(53)56-8-10-60-59-9-4-6-17-28(40)30(42)37(52)31(43)29(17)41)11-23(57-15)58-21-13-39(54,22(46)14-45)12-18-25(21)36(51)27-26(34(18)49)33(48)16-5-3-7-20(55-2)24(16)35(27)50/h3,5,7,15,19,21,23,32,45,47,49,51-52,54H,4,6,8-14H2,1-2H3,(H,44,53)/t15-,19-,21-,23-,32+,39-/m0/s1. The van der Waals surface area contributed by atoms with Crippen LogP contribution in [0, 0.1) is 23.3 Å². The maximum atomic E-state index is 14.0. The lowest BCUT2D eigenvalue weighted by atomic mass is 9.72. The minimum absolute atomic E-state index is 0.0249. The summed E-state index contributed by atoms with van der Waals surface area (Å²) in [5.41, 5.74) is -5.21. The molecule has 1 saturated heterocycles. The van der Waals surface area contributed by atoms with Gasteiger partial charge in [0.05, 0.1) is 42.0 Å². The van der Waals surface area contributed by atoms with Crippen molar-refractivity contribution in [2.45, 2.75) is 75.3 Å². The number of phenols is 3. The van der Waals surface area contributed by atoms with Crippen molar-refractivity contribution in [2.75, 3.05) is 31.8 Å². The van der Waals surface area contributed by atoms with Crippen LogP contribution < -0.4 is 10.1 Å². The van der Waals surface area contributed by atoms with E-state index >= 15 is 0 Å². The summed E-state index contributed by atoms with van der Waals surface area (Å²) in [6.07, 6.45) is -7.93. The molecule has 3 aliphatic rings. The number of nitrogens with one attached hydrogen (secondary N) is 1. The Morgan fingerprint density at radius 1 is 0.950 bits per heavy atom. The third-order valence-electron chi connectivity index (χ3n) is 10.5. The molecule has 1 amide bonds. The number of hydrogen-bond acceptors (Lipinski definition) is 16. The number of phenolic OH excluding ortho intramolecular Hbond substituents is 3. The van der Waals surface area contributed by atoms with Crippen LogP contribution in [0.15, 0.2) is 18.2 Å². The number of benzene rings is 3. The average molecular weight is 886 g/mol. The summed E-state index contributed by atoms with van der Waals surface area (Å²) in [7, 11) is 3.73. The third-order valence-corrected chi connectivity index (χ3v) is 13.0. The smallest absolute Gasteiger partial charge is 0.407 e. The highest BCUT2D eigenvalue weighted by molar-refractivity contribution is 8.76. The van der Waals surface area contributed by atoms with Crippen molar-refractivity contribution in [1.29, 1.82) is 0 Å². The molecule has 7 N–H and O–H groups in total. The van der Waals surface area contributed by atoms with E-state index in [-0.39, 0.29) is 59.6 Å². The van der Waals surface area contributed by atoms with Gasteiger partial charge < -0.3 is 54.9 Å². The Morgan fingerprint density at radius 2 is 1.62 bits per heavy atom. The van der Waals surface area contributed by atoms with Gasteiger partial charge in [-0.25, -0.2) is 13.6 Å². The number of carbonyl (C=O) groups excluding carboxylic acids is 4. The highest BCUT2D eigenvalue weighted by atomic mass is 33.1. The number of ketones is 3. The number of alkyl carbamates (subject to hydrolysis) is 1. The Hall–Kier alpha value is -4.64. The van der Waals surface area contributed by atoms with Gasteiger partial charge in [0.2, 0.25) is 17.4 Å². The van der Waals surface area contributed by atoms with Crippen LogP contribution in [0.4, 0.5) is 22.4 Å². The Morgan fingerprint density at radius 3 is 2.28 bits per heavy atom. The predicted octanol–water partition coefficient (Wildman–Crippen LogP) is 4.05. The Kier molecular flexibility index (Phi) is 13.6. The summed E-state index contributed by atoms with van der Waals surface area (Å²) < 4.78 is 77.6. The first-order valence-electron chi connectivity index (χ1n) is 18.4. The lowest BCUT2D eigenvalue weighted by molar-refractivity contribution is -0.249. The van der Waals surface area contributed by atoms with Crippen LogP contribution in [-0.4, -0.2) is 116 Å². The number of Topliss-reactive ketones (excluding diaryl/α,β-unsaturated/α-hetero) is 1. The van der Waals surface area contributed by atoms with Crippen molar-refractivity contribution in [3.05, 3.63) is 80.4 Å². The van der Waals surface area contributed by atoms with Gasteiger partial charge in [0.25, 0.3) is 0 Å². The molecule has 0 saturated carbocycles. The maximum Gasteiger partial charge on any atom is 0.407 e. The molecule has 15 nitrogen and oxygen atoms in total. The quantitative estimate of drug-likeness (QED) is 0.0311. The molecule has 3 aromatic carbocycles. The summed E-state index contributed by atoms with van der Waals surface area (Å²) in [5.74, 6) is -12.6. The van der Waals surface area contributed by atoms with E-state index < -0.39 is 136 Å². The van der Waals surface area contributed by atoms with Gasteiger partial charge in [-0.05, 0) is 25.8 Å². The fourth-order valence-corrected chi connectivity index (χ4v) is 9.44. The van der Waals surface area contributed by atoms with Gasteiger partial charge in [0, 0.05) is 53.0 Å². The number of amides is 1. The van der Waals surface area contributed by atoms with E-state index in [0.717, 1.165) is 0 Å². The highest BCUT2D eigenvalue weighted by Crippen LogP contribution is 2.52. The molecular formula is C39H39F4NO14S2. The SMILES string of the molecule is COc1cccc2c1C(=O)c1c(O)c3c(c(O)c1C2=O)C[C@@](O)(C(=O)CO)C[C@@H]3O[C@H]1C[C@H](NC(=O)OCCSSCCCc2c(F)c(F)c(O)c(F)c2F)[C@H](O)[C@H](C)O1. The van der Waals surface area contributed by atoms with E-state index in [2.05, 4.69) is 5.32 Å². The summed E-state index contributed by atoms with van der Waals surface area (Å²) in [6, 6.07) is 3.15. The summed E-state index contributed by atoms with van der Waals surface area (Å²) >= 11 is 0. The Labute approximate surface area is 346 Å². The van der Waals surface area contributed by atoms with Gasteiger partial charge >= 0.3 is 6.09 Å². The summed E-state index contributed by atoms with van der Waals surface area (Å²) in [5, 5.41) is 67.0. The zero-order valence-corrected chi connectivity index (χ0v) is 33.4. The van der Waals surface area contributed by atoms with Crippen LogP contribution in [0.1, 0.15) is 80.8 Å². The van der Waals surface area contributed by atoms with Crippen LogP contribution in [0.3, 0.4) is 0 Å². The Bertz CT molecular complexity index is 2200. The van der Waals surface area contributed by atoms with E-state index in [4.69, 9.17) is 24.1 Å². The molecule has 3 aromatic rings. The molecule has 0 aromatic heterocycles. The summed E-state index contributed by atoms with van der Waals surface area (Å²) in [6.45, 7) is 0.209. The van der Waals surface area contributed by atoms with Crippen LogP contribution >= 0.6 is 21.6 Å². The number of aliphatic hydroxyl groups is 3. The molecule has 60 heavy (non-hydrogen) atoms. The number of carbonyl (C=O) groups is 4. The number of ether oxygens (including phenoxy) is 4. The first-order valence-corrected chi connectivity index (χ1v) is 20.9. The fraction of sp³-hybridized carbons (Fsp3) is 0.436. The van der Waals surface area contributed by atoms with E-state index in [1.165, 1.54) is 53.8 Å². The number of aromatic hydroxyl groups is 3. The second kappa shape index (κ2) is 18.1. The van der Waals surface area contributed by atoms with Crippen LogP contribution in [0.25, 0.3) is 0 Å². The zero-order chi connectivity index (χ0) is 43.8. The molecule has 1 heterocycles. The van der Waals surface area contributed by atoms with Crippen molar-refractivity contribution >= 4 is 45.0 Å². The average Bonchev–Trinajstić information content (AvgIpc) is 3.22. The number of rotatable bonds is 14. The molecule has 21 heteroatoms. The molecule has 2 aliphatic carbocycles. The van der Waals surface area contributed by atoms with E-state index in [1.54, 1.807) is 0 Å². The highest BCUT2D eigenvalue weighted by Gasteiger charge is 2.50. The Balaban J connectivity index is 1.11.